The van der Waals surface area contributed by atoms with Gasteiger partial charge in [-0.05, 0) is 30.4 Å². The van der Waals surface area contributed by atoms with E-state index >= 15 is 0 Å². The van der Waals surface area contributed by atoms with Gasteiger partial charge in [0.15, 0.2) is 0 Å². The van der Waals surface area contributed by atoms with Crippen molar-refractivity contribution in [3.8, 4) is 0 Å². The van der Waals surface area contributed by atoms with Crippen LogP contribution < -0.4 is 5.73 Å². The normalized spacial score (nSPS) is 19.4. The molecule has 1 heterocycles. The van der Waals surface area contributed by atoms with Crippen molar-refractivity contribution < 1.29 is 9.53 Å². The van der Waals surface area contributed by atoms with Crippen LogP contribution in [0.25, 0.3) is 0 Å². The molecule has 0 aromatic heterocycles. The molecule has 1 saturated heterocycles. The third-order valence-electron chi connectivity index (χ3n) is 3.67. The molecule has 0 bridgehead atoms. The van der Waals surface area contributed by atoms with Crippen LogP contribution in [0.4, 0.5) is 5.69 Å². The van der Waals surface area contributed by atoms with Gasteiger partial charge in [-0.3, -0.25) is 4.79 Å². The SMILES string of the molecule is COCC1CCCN(C(=O)Cc2ccccc2N)C1. The first-order valence-corrected chi connectivity index (χ1v) is 6.80. The van der Waals surface area contributed by atoms with Gasteiger partial charge < -0.3 is 15.4 Å². The summed E-state index contributed by atoms with van der Waals surface area (Å²) in [5, 5.41) is 0. The minimum Gasteiger partial charge on any atom is -0.398 e. The molecule has 0 spiro atoms. The van der Waals surface area contributed by atoms with Crippen LogP contribution in [0.5, 0.6) is 0 Å². The van der Waals surface area contributed by atoms with Crippen molar-refractivity contribution in [2.75, 3.05) is 32.5 Å². The van der Waals surface area contributed by atoms with Crippen molar-refractivity contribution >= 4 is 11.6 Å². The second kappa shape index (κ2) is 6.57. The number of nitrogens with zero attached hydrogens (tertiary/aromatic N) is 1. The molecule has 1 aliphatic rings. The highest BCUT2D eigenvalue weighted by molar-refractivity contribution is 5.80. The number of nitrogen functional groups attached to an aromatic ring is 1. The number of para-hydroxylation sites is 1. The number of amides is 1. The second-order valence-corrected chi connectivity index (χ2v) is 5.18. The lowest BCUT2D eigenvalue weighted by Gasteiger charge is -2.32. The fourth-order valence-electron chi connectivity index (χ4n) is 2.63. The van der Waals surface area contributed by atoms with Gasteiger partial charge in [-0.25, -0.2) is 0 Å². The summed E-state index contributed by atoms with van der Waals surface area (Å²) in [7, 11) is 1.71. The summed E-state index contributed by atoms with van der Waals surface area (Å²) in [6.45, 7) is 2.39. The minimum absolute atomic E-state index is 0.165. The van der Waals surface area contributed by atoms with E-state index in [0.717, 1.165) is 38.1 Å². The van der Waals surface area contributed by atoms with Crippen LogP contribution in [-0.2, 0) is 16.0 Å². The van der Waals surface area contributed by atoms with E-state index in [0.29, 0.717) is 18.0 Å². The van der Waals surface area contributed by atoms with E-state index in [1.165, 1.54) is 0 Å². The molecule has 0 saturated carbocycles. The molecule has 104 valence electrons. The van der Waals surface area contributed by atoms with Crippen LogP contribution in [0.1, 0.15) is 18.4 Å². The number of carbonyl (C=O) groups excluding carboxylic acids is 1. The van der Waals surface area contributed by atoms with Gasteiger partial charge >= 0.3 is 0 Å². The Morgan fingerprint density at radius 1 is 1.47 bits per heavy atom. The molecule has 19 heavy (non-hydrogen) atoms. The van der Waals surface area contributed by atoms with Gasteiger partial charge in [-0.2, -0.15) is 0 Å². The van der Waals surface area contributed by atoms with Crippen molar-refractivity contribution in [2.24, 2.45) is 5.92 Å². The number of rotatable bonds is 4. The fourth-order valence-corrected chi connectivity index (χ4v) is 2.63. The molecule has 2 N–H and O–H groups in total. The maximum Gasteiger partial charge on any atom is 0.227 e. The van der Waals surface area contributed by atoms with Crippen LogP contribution >= 0.6 is 0 Å². The molecule has 4 nitrogen and oxygen atoms in total. The highest BCUT2D eigenvalue weighted by Gasteiger charge is 2.23. The summed E-state index contributed by atoms with van der Waals surface area (Å²) in [6.07, 6.45) is 2.60. The number of carbonyl (C=O) groups is 1. The lowest BCUT2D eigenvalue weighted by Crippen LogP contribution is -2.41. The molecule has 1 aromatic rings. The summed E-state index contributed by atoms with van der Waals surface area (Å²) >= 11 is 0. The molecule has 4 heteroatoms. The first-order valence-electron chi connectivity index (χ1n) is 6.80. The maximum absolute atomic E-state index is 12.3. The average molecular weight is 262 g/mol. The predicted octanol–water partition coefficient (Wildman–Crippen LogP) is 1.70. The topological polar surface area (TPSA) is 55.6 Å². The van der Waals surface area contributed by atoms with Crippen molar-refractivity contribution in [3.63, 3.8) is 0 Å². The number of nitrogens with two attached hydrogens (primary N) is 1. The Kier molecular flexibility index (Phi) is 4.80. The summed E-state index contributed by atoms with van der Waals surface area (Å²) in [5.74, 6) is 0.634. The van der Waals surface area contributed by atoms with Gasteiger partial charge in [0.05, 0.1) is 13.0 Å². The monoisotopic (exact) mass is 262 g/mol. The van der Waals surface area contributed by atoms with Crippen LogP contribution in [0, 0.1) is 5.92 Å². The highest BCUT2D eigenvalue weighted by Crippen LogP contribution is 2.19. The molecule has 0 aliphatic carbocycles. The van der Waals surface area contributed by atoms with Crippen molar-refractivity contribution in [1.82, 2.24) is 4.90 Å². The van der Waals surface area contributed by atoms with E-state index in [9.17, 15) is 4.79 Å². The Labute approximate surface area is 114 Å². The molecule has 1 unspecified atom stereocenters. The number of hydrogen-bond acceptors (Lipinski definition) is 3. The Balaban J connectivity index is 1.94. The van der Waals surface area contributed by atoms with Gasteiger partial charge in [-0.15, -0.1) is 0 Å². The Morgan fingerprint density at radius 3 is 3.00 bits per heavy atom. The number of hydrogen-bond donors (Lipinski definition) is 1. The third-order valence-corrected chi connectivity index (χ3v) is 3.67. The predicted molar refractivity (Wildman–Crippen MR) is 75.7 cm³/mol. The van der Waals surface area contributed by atoms with E-state index in [4.69, 9.17) is 10.5 Å². The molecule has 1 amide bonds. The molecular weight excluding hydrogens is 240 g/mol. The van der Waals surface area contributed by atoms with Crippen LogP contribution in [0.2, 0.25) is 0 Å². The first-order chi connectivity index (χ1) is 9.20. The van der Waals surface area contributed by atoms with Gasteiger partial charge in [0.2, 0.25) is 5.91 Å². The van der Waals surface area contributed by atoms with Crippen molar-refractivity contribution in [1.29, 1.82) is 0 Å². The molecule has 1 aliphatic heterocycles. The van der Waals surface area contributed by atoms with Crippen molar-refractivity contribution in [3.05, 3.63) is 29.8 Å². The number of ether oxygens (including phenoxy) is 1. The van der Waals surface area contributed by atoms with Gasteiger partial charge in [0.1, 0.15) is 0 Å². The molecule has 0 radical (unpaired) electrons. The van der Waals surface area contributed by atoms with Crippen LogP contribution in [-0.4, -0.2) is 37.6 Å². The second-order valence-electron chi connectivity index (χ2n) is 5.18. The Morgan fingerprint density at radius 2 is 2.26 bits per heavy atom. The van der Waals surface area contributed by atoms with Gasteiger partial charge in [0, 0.05) is 25.9 Å². The molecule has 1 fully saturated rings. The van der Waals surface area contributed by atoms with Gasteiger partial charge in [0.25, 0.3) is 0 Å². The molecular formula is C15H22N2O2. The van der Waals surface area contributed by atoms with E-state index < -0.39 is 0 Å². The first kappa shape index (κ1) is 13.9. The van der Waals surface area contributed by atoms with Crippen molar-refractivity contribution in [2.45, 2.75) is 19.3 Å². The summed E-state index contributed by atoms with van der Waals surface area (Å²) in [5.41, 5.74) is 7.50. The van der Waals surface area contributed by atoms with E-state index in [-0.39, 0.29) is 5.91 Å². The zero-order valence-corrected chi connectivity index (χ0v) is 11.5. The largest absolute Gasteiger partial charge is 0.398 e. The van der Waals surface area contributed by atoms with E-state index in [1.54, 1.807) is 7.11 Å². The quantitative estimate of drug-likeness (QED) is 0.840. The lowest BCUT2D eigenvalue weighted by atomic mass is 9.98. The van der Waals surface area contributed by atoms with E-state index in [2.05, 4.69) is 0 Å². The lowest BCUT2D eigenvalue weighted by molar-refractivity contribution is -0.132. The Hall–Kier alpha value is -1.55. The van der Waals surface area contributed by atoms with Crippen LogP contribution in [0.3, 0.4) is 0 Å². The number of piperidine rings is 1. The summed E-state index contributed by atoms with van der Waals surface area (Å²) in [6, 6.07) is 7.57. The number of methoxy groups -OCH3 is 1. The summed E-state index contributed by atoms with van der Waals surface area (Å²) < 4.78 is 5.19. The maximum atomic E-state index is 12.3. The highest BCUT2D eigenvalue weighted by atomic mass is 16.5. The Bertz CT molecular complexity index is 432. The zero-order chi connectivity index (χ0) is 13.7. The zero-order valence-electron chi connectivity index (χ0n) is 11.5. The third kappa shape index (κ3) is 3.70. The smallest absolute Gasteiger partial charge is 0.227 e. The fraction of sp³-hybridized carbons (Fsp3) is 0.533. The number of likely N-dealkylation sites (tertiary alicyclic amines) is 1. The molecule has 1 aromatic carbocycles. The minimum atomic E-state index is 0.165. The molecule has 1 atom stereocenters. The summed E-state index contributed by atoms with van der Waals surface area (Å²) in [4.78, 5) is 14.2. The molecule has 2 rings (SSSR count). The average Bonchev–Trinajstić information content (AvgIpc) is 2.42. The standard InChI is InChI=1S/C15H22N2O2/c1-19-11-12-5-4-8-17(10-12)15(18)9-13-6-2-3-7-14(13)16/h2-3,6-7,12H,4-5,8-11,16H2,1H3. The van der Waals surface area contributed by atoms with Crippen LogP contribution in [0.15, 0.2) is 24.3 Å². The van der Waals surface area contributed by atoms with Gasteiger partial charge in [-0.1, -0.05) is 18.2 Å². The van der Waals surface area contributed by atoms with E-state index in [1.807, 2.05) is 29.2 Å². The number of anilines is 1. The number of benzene rings is 1.